The summed E-state index contributed by atoms with van der Waals surface area (Å²) in [6.45, 7) is 2.17. The molecule has 0 saturated carbocycles. The van der Waals surface area contributed by atoms with Gasteiger partial charge < -0.3 is 9.47 Å². The highest BCUT2D eigenvalue weighted by Gasteiger charge is 2.01. The Morgan fingerprint density at radius 3 is 1.80 bits per heavy atom. The molecular formula is C18H20O2. The summed E-state index contributed by atoms with van der Waals surface area (Å²) in [7, 11) is 3.36. The number of hydrogen-bond acceptors (Lipinski definition) is 2. The minimum absolute atomic E-state index is 0.879. The van der Waals surface area contributed by atoms with E-state index in [1.807, 2.05) is 24.3 Å². The van der Waals surface area contributed by atoms with Gasteiger partial charge in [-0.15, -0.1) is 0 Å². The van der Waals surface area contributed by atoms with Gasteiger partial charge in [0.05, 0.1) is 14.2 Å². The normalized spacial score (nSPS) is 11.2. The molecule has 0 aliphatic heterocycles. The zero-order valence-electron chi connectivity index (χ0n) is 12.2. The predicted octanol–water partition coefficient (Wildman–Crippen LogP) is 4.65. The van der Waals surface area contributed by atoms with Gasteiger partial charge in [0, 0.05) is 0 Å². The van der Waals surface area contributed by atoms with E-state index in [1.54, 1.807) is 14.2 Å². The number of rotatable bonds is 5. The van der Waals surface area contributed by atoms with Gasteiger partial charge in [0.25, 0.3) is 0 Å². The lowest BCUT2D eigenvalue weighted by atomic mass is 10.0. The van der Waals surface area contributed by atoms with Crippen molar-refractivity contribution < 1.29 is 9.47 Å². The summed E-state index contributed by atoms with van der Waals surface area (Å²) in [5.74, 6) is 1.76. The first-order chi connectivity index (χ1) is 9.76. The molecule has 2 nitrogen and oxygen atoms in total. The van der Waals surface area contributed by atoms with Crippen molar-refractivity contribution in [3.63, 3.8) is 0 Å². The fraction of sp³-hybridized carbons (Fsp3) is 0.222. The van der Waals surface area contributed by atoms with Gasteiger partial charge in [0.2, 0.25) is 0 Å². The molecule has 2 rings (SSSR count). The summed E-state index contributed by atoms with van der Waals surface area (Å²) < 4.78 is 10.4. The fourth-order valence-corrected chi connectivity index (χ4v) is 2.10. The van der Waals surface area contributed by atoms with Crippen LogP contribution in [0.2, 0.25) is 0 Å². The van der Waals surface area contributed by atoms with Gasteiger partial charge in [-0.2, -0.15) is 0 Å². The molecular weight excluding hydrogens is 248 g/mol. The summed E-state index contributed by atoms with van der Waals surface area (Å²) in [5, 5.41) is 0. The van der Waals surface area contributed by atoms with Gasteiger partial charge >= 0.3 is 0 Å². The Morgan fingerprint density at radius 1 is 0.850 bits per heavy atom. The Bertz CT molecular complexity index is 565. The monoisotopic (exact) mass is 268 g/mol. The van der Waals surface area contributed by atoms with Crippen LogP contribution in [0.5, 0.6) is 11.5 Å². The SMILES string of the molecule is CC/C(=C/c1ccc(OC)cc1)c1ccc(OC)cc1. The van der Waals surface area contributed by atoms with E-state index in [0.717, 1.165) is 17.9 Å². The van der Waals surface area contributed by atoms with E-state index < -0.39 is 0 Å². The molecule has 2 aromatic carbocycles. The maximum atomic E-state index is 5.19. The van der Waals surface area contributed by atoms with Crippen LogP contribution in [0.4, 0.5) is 0 Å². The zero-order chi connectivity index (χ0) is 14.4. The summed E-state index contributed by atoms with van der Waals surface area (Å²) >= 11 is 0. The van der Waals surface area contributed by atoms with Crippen LogP contribution in [0.3, 0.4) is 0 Å². The standard InChI is InChI=1S/C18H20O2/c1-4-15(16-7-11-18(20-3)12-8-16)13-14-5-9-17(19-2)10-6-14/h5-13H,4H2,1-3H3/b15-13-. The molecule has 0 aliphatic carbocycles. The van der Waals surface area contributed by atoms with Crippen molar-refractivity contribution >= 4 is 11.6 Å². The lowest BCUT2D eigenvalue weighted by Gasteiger charge is -2.07. The van der Waals surface area contributed by atoms with Crippen LogP contribution in [0, 0.1) is 0 Å². The van der Waals surface area contributed by atoms with E-state index in [0.29, 0.717) is 0 Å². The summed E-state index contributed by atoms with van der Waals surface area (Å²) in [4.78, 5) is 0. The van der Waals surface area contributed by atoms with Crippen LogP contribution in [0.25, 0.3) is 11.6 Å². The van der Waals surface area contributed by atoms with Gasteiger partial charge in [0.1, 0.15) is 11.5 Å². The number of hydrogen-bond donors (Lipinski definition) is 0. The van der Waals surface area contributed by atoms with Crippen molar-refractivity contribution in [2.75, 3.05) is 14.2 Å². The Balaban J connectivity index is 2.26. The highest BCUT2D eigenvalue weighted by molar-refractivity contribution is 5.81. The molecule has 0 amide bonds. The number of ether oxygens (including phenoxy) is 2. The molecule has 0 fully saturated rings. The average molecular weight is 268 g/mol. The first-order valence-corrected chi connectivity index (χ1v) is 6.76. The lowest BCUT2D eigenvalue weighted by molar-refractivity contribution is 0.414. The molecule has 0 unspecified atom stereocenters. The molecule has 0 radical (unpaired) electrons. The molecule has 0 spiro atoms. The fourth-order valence-electron chi connectivity index (χ4n) is 2.10. The number of allylic oxidation sites excluding steroid dienone is 1. The number of benzene rings is 2. The van der Waals surface area contributed by atoms with Crippen LogP contribution in [-0.2, 0) is 0 Å². The largest absolute Gasteiger partial charge is 0.497 e. The third kappa shape index (κ3) is 3.41. The third-order valence-corrected chi connectivity index (χ3v) is 3.30. The molecule has 0 heterocycles. The van der Waals surface area contributed by atoms with Gasteiger partial charge in [0.15, 0.2) is 0 Å². The summed E-state index contributed by atoms with van der Waals surface area (Å²) in [5.41, 5.74) is 3.71. The molecule has 0 aromatic heterocycles. The maximum Gasteiger partial charge on any atom is 0.118 e. The molecule has 2 heteroatoms. The van der Waals surface area contributed by atoms with Crippen LogP contribution in [0.15, 0.2) is 48.5 Å². The molecule has 2 aromatic rings. The Kier molecular flexibility index (Phi) is 4.83. The molecule has 0 bridgehead atoms. The maximum absolute atomic E-state index is 5.19. The van der Waals surface area contributed by atoms with Gasteiger partial charge in [-0.25, -0.2) is 0 Å². The van der Waals surface area contributed by atoms with Crippen molar-refractivity contribution in [3.8, 4) is 11.5 Å². The van der Waals surface area contributed by atoms with Crippen LogP contribution < -0.4 is 9.47 Å². The van der Waals surface area contributed by atoms with Gasteiger partial charge in [-0.3, -0.25) is 0 Å². The summed E-state index contributed by atoms with van der Waals surface area (Å²) in [6, 6.07) is 16.3. The van der Waals surface area contributed by atoms with E-state index in [1.165, 1.54) is 16.7 Å². The molecule has 20 heavy (non-hydrogen) atoms. The third-order valence-electron chi connectivity index (χ3n) is 3.30. The first-order valence-electron chi connectivity index (χ1n) is 6.76. The second kappa shape index (κ2) is 6.80. The van der Waals surface area contributed by atoms with Gasteiger partial charge in [-0.1, -0.05) is 37.3 Å². The van der Waals surface area contributed by atoms with Crippen LogP contribution in [0.1, 0.15) is 24.5 Å². The smallest absolute Gasteiger partial charge is 0.118 e. The first kappa shape index (κ1) is 14.2. The topological polar surface area (TPSA) is 18.5 Å². The van der Waals surface area contributed by atoms with E-state index in [4.69, 9.17) is 9.47 Å². The van der Waals surface area contributed by atoms with E-state index in [2.05, 4.69) is 37.3 Å². The molecule has 0 atom stereocenters. The molecule has 104 valence electrons. The minimum atomic E-state index is 0.879. The Hall–Kier alpha value is -2.22. The second-order valence-corrected chi connectivity index (χ2v) is 4.52. The van der Waals surface area contributed by atoms with Crippen LogP contribution >= 0.6 is 0 Å². The van der Waals surface area contributed by atoms with Crippen molar-refractivity contribution in [1.29, 1.82) is 0 Å². The highest BCUT2D eigenvalue weighted by Crippen LogP contribution is 2.24. The molecule has 0 N–H and O–H groups in total. The molecule has 0 saturated heterocycles. The second-order valence-electron chi connectivity index (χ2n) is 4.52. The van der Waals surface area contributed by atoms with Crippen LogP contribution in [-0.4, -0.2) is 14.2 Å². The van der Waals surface area contributed by atoms with Crippen molar-refractivity contribution in [3.05, 3.63) is 59.7 Å². The average Bonchev–Trinajstić information content (AvgIpc) is 2.53. The van der Waals surface area contributed by atoms with E-state index in [-0.39, 0.29) is 0 Å². The van der Waals surface area contributed by atoms with E-state index >= 15 is 0 Å². The highest BCUT2D eigenvalue weighted by atomic mass is 16.5. The van der Waals surface area contributed by atoms with E-state index in [9.17, 15) is 0 Å². The van der Waals surface area contributed by atoms with Crippen molar-refractivity contribution in [2.24, 2.45) is 0 Å². The van der Waals surface area contributed by atoms with Crippen molar-refractivity contribution in [1.82, 2.24) is 0 Å². The quantitative estimate of drug-likeness (QED) is 0.735. The Labute approximate surface area is 120 Å². The number of methoxy groups -OCH3 is 2. The summed E-state index contributed by atoms with van der Waals surface area (Å²) in [6.07, 6.45) is 3.19. The molecule has 0 aliphatic rings. The predicted molar refractivity (Wildman–Crippen MR) is 84.2 cm³/mol. The van der Waals surface area contributed by atoms with Crippen molar-refractivity contribution in [2.45, 2.75) is 13.3 Å². The van der Waals surface area contributed by atoms with Gasteiger partial charge in [-0.05, 0) is 47.4 Å². The Morgan fingerprint density at radius 2 is 1.35 bits per heavy atom. The minimum Gasteiger partial charge on any atom is -0.497 e. The zero-order valence-corrected chi connectivity index (χ0v) is 12.2. The lowest BCUT2D eigenvalue weighted by Crippen LogP contribution is -1.86.